The number of imide groups is 2. The van der Waals surface area contributed by atoms with Gasteiger partial charge in [-0.15, -0.1) is 23.2 Å². The van der Waals surface area contributed by atoms with Crippen LogP contribution in [0.1, 0.15) is 34.7 Å². The largest absolute Gasteiger partial charge is 0.507 e. The van der Waals surface area contributed by atoms with Crippen LogP contribution in [0.15, 0.2) is 42.0 Å². The molecule has 2 heterocycles. The molecule has 2 aromatic rings. The average molecular weight is 650 g/mol. The van der Waals surface area contributed by atoms with Crippen molar-refractivity contribution in [2.24, 2.45) is 17.8 Å². The van der Waals surface area contributed by atoms with Gasteiger partial charge in [0, 0.05) is 19.0 Å². The number of aromatic carboxylic acids is 1. The van der Waals surface area contributed by atoms with E-state index >= 15 is 0 Å². The van der Waals surface area contributed by atoms with Crippen molar-refractivity contribution in [3.05, 3.63) is 58.1 Å². The molecule has 3 N–H and O–H groups in total. The van der Waals surface area contributed by atoms with Crippen molar-refractivity contribution in [2.75, 3.05) is 19.1 Å². The molecule has 0 bridgehead atoms. The van der Waals surface area contributed by atoms with Gasteiger partial charge in [-0.3, -0.25) is 24.1 Å². The first-order valence-corrected chi connectivity index (χ1v) is 14.2. The van der Waals surface area contributed by atoms with Gasteiger partial charge in [0.2, 0.25) is 11.8 Å². The topological polar surface area (TPSA) is 162 Å². The summed E-state index contributed by atoms with van der Waals surface area (Å²) >= 11 is 20.6. The Bertz CT molecular complexity index is 1710. The summed E-state index contributed by atoms with van der Waals surface area (Å²) in [6, 6.07) is 6.18. The molecule has 2 saturated heterocycles. The maximum absolute atomic E-state index is 14.0. The van der Waals surface area contributed by atoms with E-state index in [0.717, 1.165) is 21.9 Å². The number of phenolic OH excluding ortho intramolecular Hbond substituents is 1. The number of ether oxygens (including phenoxy) is 1. The lowest BCUT2D eigenvalue weighted by Gasteiger charge is -2.50. The lowest BCUT2D eigenvalue weighted by molar-refractivity contribution is -0.138. The van der Waals surface area contributed by atoms with Gasteiger partial charge in [0.05, 0.1) is 29.7 Å². The molecule has 3 fully saturated rings. The Morgan fingerprint density at radius 3 is 2.35 bits per heavy atom. The van der Waals surface area contributed by atoms with Crippen LogP contribution in [0.2, 0.25) is 5.02 Å². The van der Waals surface area contributed by atoms with Crippen LogP contribution in [-0.4, -0.2) is 73.7 Å². The van der Waals surface area contributed by atoms with Gasteiger partial charge in [-0.1, -0.05) is 23.3 Å². The number of carboxylic acids is 1. The fraction of sp³-hybridized carbons (Fsp3) is 0.345. The Labute approximate surface area is 259 Å². The van der Waals surface area contributed by atoms with Gasteiger partial charge in [-0.2, -0.15) is 0 Å². The average Bonchev–Trinajstić information content (AvgIpc) is 3.29. The van der Waals surface area contributed by atoms with Gasteiger partial charge in [0.1, 0.15) is 11.3 Å². The molecule has 0 radical (unpaired) electrons. The van der Waals surface area contributed by atoms with Crippen LogP contribution >= 0.6 is 34.8 Å². The number of amides is 4. The predicted molar refractivity (Wildman–Crippen MR) is 153 cm³/mol. The SMILES string of the molecule is COc1cc(C2C3=CCC4C(=O)N(c5ccc(C(=O)O)c(O)c5)C(=O)C4C3CC3(Cl)C(=O)N(C)C(=O)C23Cl)cc(Cl)c1O. The van der Waals surface area contributed by atoms with Crippen LogP contribution in [0.25, 0.3) is 0 Å². The summed E-state index contributed by atoms with van der Waals surface area (Å²) in [4.78, 5) is 64.0. The number of carbonyl (C=O) groups excluding carboxylic acids is 4. The number of nitrogens with zero attached hydrogens (tertiary/aromatic N) is 2. The first-order chi connectivity index (χ1) is 20.2. The van der Waals surface area contributed by atoms with Crippen molar-refractivity contribution < 1.29 is 44.0 Å². The van der Waals surface area contributed by atoms with Crippen LogP contribution in [0.5, 0.6) is 17.2 Å². The highest BCUT2D eigenvalue weighted by molar-refractivity contribution is 6.53. The number of halogens is 3. The summed E-state index contributed by atoms with van der Waals surface area (Å²) < 4.78 is 5.27. The lowest BCUT2D eigenvalue weighted by atomic mass is 9.56. The Morgan fingerprint density at radius 2 is 1.72 bits per heavy atom. The van der Waals surface area contributed by atoms with E-state index in [1.807, 2.05) is 0 Å². The Hall–Kier alpha value is -3.80. The van der Waals surface area contributed by atoms with Gasteiger partial charge in [0.15, 0.2) is 21.2 Å². The second-order valence-corrected chi connectivity index (χ2v) is 12.7. The maximum Gasteiger partial charge on any atom is 0.339 e. The molecule has 224 valence electrons. The number of anilines is 1. The molecule has 2 aromatic carbocycles. The summed E-state index contributed by atoms with van der Waals surface area (Å²) in [6.45, 7) is 0. The fourth-order valence-electron chi connectivity index (χ4n) is 7.13. The highest BCUT2D eigenvalue weighted by Gasteiger charge is 2.76. The van der Waals surface area contributed by atoms with E-state index in [2.05, 4.69) is 0 Å². The summed E-state index contributed by atoms with van der Waals surface area (Å²) in [5.74, 6) is -8.95. The molecular weight excluding hydrogens is 627 g/mol. The number of methoxy groups -OCH3 is 1. The van der Waals surface area contributed by atoms with Crippen molar-refractivity contribution in [3.8, 4) is 17.2 Å². The molecule has 0 spiro atoms. The Morgan fingerprint density at radius 1 is 1.02 bits per heavy atom. The predicted octanol–water partition coefficient (Wildman–Crippen LogP) is 3.65. The number of benzene rings is 2. The van der Waals surface area contributed by atoms with Crippen molar-refractivity contribution in [3.63, 3.8) is 0 Å². The number of carbonyl (C=O) groups is 5. The molecule has 2 aliphatic carbocycles. The molecule has 14 heteroatoms. The summed E-state index contributed by atoms with van der Waals surface area (Å²) in [5.41, 5.74) is 0.376. The third-order valence-corrected chi connectivity index (χ3v) is 10.8. The highest BCUT2D eigenvalue weighted by Crippen LogP contribution is 2.65. The summed E-state index contributed by atoms with van der Waals surface area (Å²) in [6.07, 6.45) is 1.56. The number of likely N-dealkylation sites (tertiary alicyclic amines) is 1. The minimum absolute atomic E-state index is 0.0185. The minimum atomic E-state index is -2.05. The van der Waals surface area contributed by atoms with Gasteiger partial charge in [-0.25, -0.2) is 9.69 Å². The Kier molecular flexibility index (Phi) is 6.54. The van der Waals surface area contributed by atoms with E-state index in [1.165, 1.54) is 32.4 Å². The van der Waals surface area contributed by atoms with Gasteiger partial charge < -0.3 is 20.1 Å². The number of hydrogen-bond donors (Lipinski definition) is 3. The zero-order valence-corrected chi connectivity index (χ0v) is 24.8. The molecule has 6 unspecified atom stereocenters. The standard InChI is InChI=1S/C29H23Cl3N2O9/c1-33-26(41)28(31)10-16-13(21(29(28,32)27(33)42)11-7-17(30)22(36)19(8-11)43-2)5-6-15-20(16)24(38)34(23(15)37)12-3-4-14(25(39)40)18(35)9-12/h3-5,7-9,15-16,20-21,35-36H,6,10H2,1-2H3,(H,39,40). The van der Waals surface area contributed by atoms with Crippen LogP contribution in [0.3, 0.4) is 0 Å². The van der Waals surface area contributed by atoms with Crippen molar-refractivity contribution >= 4 is 70.1 Å². The molecular formula is C29H23Cl3N2O9. The van der Waals surface area contributed by atoms with Crippen molar-refractivity contribution in [1.82, 2.24) is 4.90 Å². The van der Waals surface area contributed by atoms with E-state index in [0.29, 0.717) is 11.1 Å². The summed E-state index contributed by atoms with van der Waals surface area (Å²) in [7, 11) is 2.57. The number of allylic oxidation sites excluding steroid dienone is 2. The quantitative estimate of drug-likeness (QED) is 0.255. The third-order valence-electron chi connectivity index (χ3n) is 9.09. The van der Waals surface area contributed by atoms with E-state index < -0.39 is 74.3 Å². The van der Waals surface area contributed by atoms with Gasteiger partial charge >= 0.3 is 5.97 Å². The van der Waals surface area contributed by atoms with Gasteiger partial charge in [0.25, 0.3) is 11.8 Å². The molecule has 11 nitrogen and oxygen atoms in total. The number of fused-ring (bicyclic) bond motifs is 4. The van der Waals surface area contributed by atoms with Crippen LogP contribution in [0, 0.1) is 17.8 Å². The van der Waals surface area contributed by atoms with Gasteiger partial charge in [-0.05, 0) is 48.6 Å². The van der Waals surface area contributed by atoms with Crippen LogP contribution in [0.4, 0.5) is 5.69 Å². The number of alkyl halides is 2. The normalized spacial score (nSPS) is 31.5. The second kappa shape index (κ2) is 9.60. The second-order valence-electron chi connectivity index (χ2n) is 11.1. The van der Waals surface area contributed by atoms with Crippen LogP contribution < -0.4 is 9.64 Å². The highest BCUT2D eigenvalue weighted by atomic mass is 35.5. The monoisotopic (exact) mass is 648 g/mol. The number of carboxylic acid groups (broad SMARTS) is 1. The van der Waals surface area contributed by atoms with E-state index in [4.69, 9.17) is 39.5 Å². The third kappa shape index (κ3) is 3.71. The van der Waals surface area contributed by atoms with Crippen LogP contribution in [-0.2, 0) is 19.2 Å². The summed E-state index contributed by atoms with van der Waals surface area (Å²) in [5, 5.41) is 29.8. The first-order valence-electron chi connectivity index (χ1n) is 13.1. The maximum atomic E-state index is 14.0. The van der Waals surface area contributed by atoms with Crippen molar-refractivity contribution in [2.45, 2.75) is 28.5 Å². The molecule has 43 heavy (non-hydrogen) atoms. The number of phenols is 2. The molecule has 4 amide bonds. The minimum Gasteiger partial charge on any atom is -0.507 e. The smallest absolute Gasteiger partial charge is 0.339 e. The zero-order chi connectivity index (χ0) is 31.3. The Balaban J connectivity index is 1.51. The first kappa shape index (κ1) is 29.3. The molecule has 6 rings (SSSR count). The molecule has 0 aromatic heterocycles. The zero-order valence-electron chi connectivity index (χ0n) is 22.5. The molecule has 2 aliphatic heterocycles. The number of hydrogen-bond acceptors (Lipinski definition) is 8. The molecule has 6 atom stereocenters. The fourth-order valence-corrected chi connectivity index (χ4v) is 8.37. The van der Waals surface area contributed by atoms with E-state index in [9.17, 15) is 39.3 Å². The lowest BCUT2D eigenvalue weighted by Crippen LogP contribution is -2.60. The van der Waals surface area contributed by atoms with Crippen molar-refractivity contribution in [1.29, 1.82) is 0 Å². The molecule has 1 saturated carbocycles. The van der Waals surface area contributed by atoms with E-state index in [-0.39, 0.29) is 35.1 Å². The molecule has 4 aliphatic rings. The van der Waals surface area contributed by atoms with E-state index in [1.54, 1.807) is 6.08 Å². The number of aromatic hydroxyl groups is 2. The number of rotatable bonds is 4.